The van der Waals surface area contributed by atoms with Gasteiger partial charge in [0.05, 0.1) is 7.11 Å². The van der Waals surface area contributed by atoms with E-state index in [0.717, 1.165) is 27.5 Å². The summed E-state index contributed by atoms with van der Waals surface area (Å²) in [6.07, 6.45) is 0. The zero-order valence-corrected chi connectivity index (χ0v) is 35.4. The van der Waals surface area contributed by atoms with E-state index >= 15 is 0 Å². The Morgan fingerprint density at radius 1 is 0.741 bits per heavy atom. The van der Waals surface area contributed by atoms with Crippen molar-refractivity contribution in [3.8, 4) is 42.9 Å². The number of carbonyl (C=O) groups excluding carboxylic acids is 1. The van der Waals surface area contributed by atoms with Gasteiger partial charge in [-0.2, -0.15) is 0 Å². The monoisotopic (exact) mass is 920 g/mol. The second-order valence-corrected chi connectivity index (χ2v) is 16.2. The summed E-state index contributed by atoms with van der Waals surface area (Å²) in [6, 6.07) is 19.2. The predicted molar refractivity (Wildman–Crippen MR) is 218 cm³/mol. The summed E-state index contributed by atoms with van der Waals surface area (Å²) in [5.41, 5.74) is 6.06. The molecule has 296 valence electrons. The van der Waals surface area contributed by atoms with Crippen LogP contribution in [-0.2, 0) is 4.74 Å². The first-order chi connectivity index (χ1) is 27.6. The Bertz CT molecular complexity index is 2550. The molecule has 0 aliphatic heterocycles. The van der Waals surface area contributed by atoms with Gasteiger partial charge in [0.15, 0.2) is 11.6 Å². The quantitative estimate of drug-likeness (QED) is 0.0798. The van der Waals surface area contributed by atoms with Crippen LogP contribution in [0.25, 0.3) is 41.1 Å². The Hall–Kier alpha value is -5.90. The number of carbonyl (C=O) groups is 2. The van der Waals surface area contributed by atoms with E-state index in [-0.39, 0.29) is 37.4 Å². The fraction of sp³-hybridized carbons (Fsp3) is 0.171. The molecule has 2 heterocycles. The Kier molecular flexibility index (Phi) is 15.8. The second kappa shape index (κ2) is 20.5. The molecule has 0 aliphatic carbocycles. The third-order valence-corrected chi connectivity index (χ3v) is 13.1. The van der Waals surface area contributed by atoms with E-state index in [0.29, 0.717) is 53.8 Å². The van der Waals surface area contributed by atoms with Gasteiger partial charge < -0.3 is 14.8 Å². The van der Waals surface area contributed by atoms with Crippen LogP contribution in [0.3, 0.4) is 0 Å². The molecular weight excluding hydrogens is 883 g/mol. The van der Waals surface area contributed by atoms with Crippen molar-refractivity contribution in [2.24, 2.45) is 0 Å². The number of ether oxygens (including phenoxy) is 3. The molecule has 0 saturated carbocycles. The third-order valence-electron chi connectivity index (χ3n) is 8.13. The van der Waals surface area contributed by atoms with Gasteiger partial charge in [-0.05, 0) is 17.6 Å². The Morgan fingerprint density at radius 3 is 1.76 bits per heavy atom. The van der Waals surface area contributed by atoms with Crippen LogP contribution in [0.1, 0.15) is 42.3 Å². The number of aromatic nitrogens is 2. The summed E-state index contributed by atoms with van der Waals surface area (Å²) in [4.78, 5) is 38.9. The number of hydrogen-bond donors (Lipinski definition) is 3. The van der Waals surface area contributed by atoms with Crippen molar-refractivity contribution in [2.75, 3.05) is 20.8 Å². The Labute approximate surface area is 345 Å². The maximum atomic E-state index is 14.0. The van der Waals surface area contributed by atoms with E-state index in [1.54, 1.807) is 38.1 Å². The second-order valence-electron chi connectivity index (χ2n) is 12.0. The number of carboxylic acid groups (broad SMARTS) is 1. The standard InChI is InChI=1S/C19H13FN2O3Se.C15H14N2O2Se.C7H8BFO3/c1-10-17(19(23)24)26-18(22-10)12-4-6-13(15(9-12)21-2)11-5-7-16(25-3)14(20)8-11;1-5-19-15(18)13-10(3)17-14(20-13)11-7-6-9(2)12(8-11)16-4;1-12-7-3-2-5(8(10)11)4-6(7)9/h4-9H,1,3H3,(H,23,24);6-8H,5H2,1-3H3;2-4,10-11H,1H3. The minimum atomic E-state index is -1.65. The van der Waals surface area contributed by atoms with Crippen molar-refractivity contribution in [1.82, 2.24) is 9.97 Å². The van der Waals surface area contributed by atoms with Crippen LogP contribution < -0.4 is 14.9 Å². The fourth-order valence-corrected chi connectivity index (χ4v) is 9.06. The first-order valence-electron chi connectivity index (χ1n) is 17.0. The predicted octanol–water partition coefficient (Wildman–Crippen LogP) is 6.84. The average molecular weight is 918 g/mol. The van der Waals surface area contributed by atoms with Gasteiger partial charge in [-0.25, -0.2) is 4.39 Å². The number of halogens is 2. The summed E-state index contributed by atoms with van der Waals surface area (Å²) in [6.45, 7) is 22.2. The van der Waals surface area contributed by atoms with Crippen molar-refractivity contribution in [2.45, 2.75) is 27.7 Å². The van der Waals surface area contributed by atoms with Crippen LogP contribution in [0.2, 0.25) is 0 Å². The number of hydrogen-bond acceptors (Lipinski definition) is 9. The summed E-state index contributed by atoms with van der Waals surface area (Å²) in [5, 5.41) is 26.5. The summed E-state index contributed by atoms with van der Waals surface area (Å²) in [5.74, 6) is -2.12. The molecule has 58 heavy (non-hydrogen) atoms. The van der Waals surface area contributed by atoms with Gasteiger partial charge in [0.1, 0.15) is 0 Å². The van der Waals surface area contributed by atoms with Crippen molar-refractivity contribution in [3.63, 3.8) is 0 Å². The van der Waals surface area contributed by atoms with Crippen molar-refractivity contribution >= 4 is 64.9 Å². The molecule has 0 radical (unpaired) electrons. The normalized spacial score (nSPS) is 10.1. The molecule has 17 heteroatoms. The third kappa shape index (κ3) is 10.9. The number of carboxylic acids is 1. The molecule has 0 aliphatic rings. The van der Waals surface area contributed by atoms with Gasteiger partial charge in [-0.15, -0.1) is 0 Å². The van der Waals surface area contributed by atoms with Crippen LogP contribution in [0.15, 0.2) is 72.8 Å². The van der Waals surface area contributed by atoms with E-state index in [4.69, 9.17) is 32.7 Å². The number of esters is 1. The van der Waals surface area contributed by atoms with Gasteiger partial charge >= 0.3 is 286 Å². The van der Waals surface area contributed by atoms with Crippen LogP contribution in [0.4, 0.5) is 20.2 Å². The number of aryl methyl sites for hydroxylation is 3. The summed E-state index contributed by atoms with van der Waals surface area (Å²) < 4.78 is 44.0. The molecule has 6 rings (SSSR count). The number of methoxy groups -OCH3 is 2. The van der Waals surface area contributed by atoms with E-state index in [9.17, 15) is 23.5 Å². The molecular formula is C41H35BF2N4O8Se2. The molecule has 0 fully saturated rings. The topological polar surface area (TPSA) is 157 Å². The molecule has 0 saturated heterocycles. The Balaban J connectivity index is 0.000000206. The Morgan fingerprint density at radius 2 is 1.26 bits per heavy atom. The van der Waals surface area contributed by atoms with Crippen molar-refractivity contribution in [3.05, 3.63) is 133 Å². The molecule has 6 aromatic rings. The fourth-order valence-electron chi connectivity index (χ4n) is 5.17. The average Bonchev–Trinajstić information content (AvgIpc) is 3.80. The molecule has 12 nitrogen and oxygen atoms in total. The molecule has 0 atom stereocenters. The number of aromatic carboxylic acids is 1. The van der Waals surface area contributed by atoms with Gasteiger partial charge in [-0.1, -0.05) is 6.07 Å². The maximum absolute atomic E-state index is 14.0. The van der Waals surface area contributed by atoms with E-state index < -0.39 is 39.2 Å². The van der Waals surface area contributed by atoms with Gasteiger partial charge in [0.2, 0.25) is 0 Å². The first kappa shape index (κ1) is 44.8. The van der Waals surface area contributed by atoms with Gasteiger partial charge in [0, 0.05) is 0 Å². The summed E-state index contributed by atoms with van der Waals surface area (Å²) >= 11 is -0.576. The van der Waals surface area contributed by atoms with Crippen molar-refractivity contribution < 1.29 is 47.7 Å². The molecule has 0 amide bonds. The van der Waals surface area contributed by atoms with E-state index in [1.165, 1.54) is 38.5 Å². The molecule has 2 aromatic heterocycles. The number of rotatable bonds is 9. The van der Waals surface area contributed by atoms with Gasteiger partial charge in [-0.3, -0.25) is 0 Å². The van der Waals surface area contributed by atoms with Crippen LogP contribution in [-0.4, -0.2) is 94.0 Å². The van der Waals surface area contributed by atoms with Crippen molar-refractivity contribution in [1.29, 1.82) is 0 Å². The summed E-state index contributed by atoms with van der Waals surface area (Å²) in [7, 11) is 1.08. The molecule has 3 N–H and O–H groups in total. The zero-order valence-electron chi connectivity index (χ0n) is 32.0. The van der Waals surface area contributed by atoms with Gasteiger partial charge in [0.25, 0.3) is 0 Å². The molecule has 4 aromatic carbocycles. The van der Waals surface area contributed by atoms with Crippen LogP contribution in [0, 0.1) is 45.5 Å². The van der Waals surface area contributed by atoms with E-state index in [2.05, 4.69) is 24.4 Å². The van der Waals surface area contributed by atoms with Crippen LogP contribution >= 0.6 is 0 Å². The number of benzene rings is 4. The van der Waals surface area contributed by atoms with Crippen LogP contribution in [0.5, 0.6) is 11.5 Å². The first-order valence-corrected chi connectivity index (χ1v) is 20.5. The molecule has 0 spiro atoms. The molecule has 0 bridgehead atoms. The van der Waals surface area contributed by atoms with E-state index in [1.807, 2.05) is 32.0 Å². The SMILES string of the molecule is COc1ccc(B(O)O)cc1F.[C-]#[N+]c1cc(-c2nc(C)c(C(=O)O)[se]2)ccc1-c1ccc(OC)c(F)c1.[C-]#[N+]c1cc(-c2nc(C)c(C(=O)OCC)[se]2)ccc1C. The minimum absolute atomic E-state index is 0.0828. The number of nitrogens with zero attached hydrogens (tertiary/aromatic N) is 4. The zero-order chi connectivity index (χ0) is 42.7. The molecule has 0 unspecified atom stereocenters.